The molecule has 82 valence electrons. The van der Waals surface area contributed by atoms with Crippen LogP contribution in [0.3, 0.4) is 0 Å². The fourth-order valence-electron chi connectivity index (χ4n) is 0.678. The Morgan fingerprint density at radius 3 is 2.60 bits per heavy atom. The van der Waals surface area contributed by atoms with E-state index < -0.39 is 5.91 Å². The van der Waals surface area contributed by atoms with Crippen molar-refractivity contribution >= 4 is 24.4 Å². The third-order valence-corrected chi connectivity index (χ3v) is 1.27. The van der Waals surface area contributed by atoms with Crippen molar-refractivity contribution in [1.29, 1.82) is 0 Å². The lowest BCUT2D eigenvalue weighted by Crippen LogP contribution is -2.30. The molecule has 0 fully saturated rings. The zero-order valence-electron chi connectivity index (χ0n) is 7.97. The number of hydrogen-bond acceptors (Lipinski definition) is 5. The van der Waals surface area contributed by atoms with Crippen LogP contribution in [0, 0.1) is 0 Å². The van der Waals surface area contributed by atoms with Gasteiger partial charge in [-0.3, -0.25) is 19.7 Å². The summed E-state index contributed by atoms with van der Waals surface area (Å²) >= 11 is 0. The maximum Gasteiger partial charge on any atom is 0.278 e. The van der Waals surface area contributed by atoms with Gasteiger partial charge in [-0.2, -0.15) is 5.10 Å². The lowest BCUT2D eigenvalue weighted by molar-refractivity contribution is -0.120. The summed E-state index contributed by atoms with van der Waals surface area (Å²) in [5, 5.41) is 5.33. The van der Waals surface area contributed by atoms with Gasteiger partial charge in [-0.15, -0.1) is 0 Å². The zero-order valence-corrected chi connectivity index (χ0v) is 7.97. The molecule has 0 bridgehead atoms. The first-order chi connectivity index (χ1) is 7.26. The first kappa shape index (κ1) is 13.0. The number of nitrogens with zero attached hydrogens (tertiary/aromatic N) is 1. The summed E-state index contributed by atoms with van der Waals surface area (Å²) in [5.41, 5.74) is 7.11. The highest BCUT2D eigenvalue weighted by atomic mass is 16.2. The third-order valence-electron chi connectivity index (χ3n) is 1.27. The summed E-state index contributed by atoms with van der Waals surface area (Å²) in [7, 11) is 0. The lowest BCUT2D eigenvalue weighted by atomic mass is 10.3. The molecular formula is C8H12N4O3. The number of nitrogens with two attached hydrogens (primary N) is 1. The van der Waals surface area contributed by atoms with Gasteiger partial charge in [0.25, 0.3) is 5.91 Å². The Labute approximate surface area is 86.4 Å². The second-order valence-corrected chi connectivity index (χ2v) is 2.32. The molecule has 0 spiro atoms. The van der Waals surface area contributed by atoms with Crippen LogP contribution < -0.4 is 16.5 Å². The van der Waals surface area contributed by atoms with Crippen molar-refractivity contribution in [2.24, 2.45) is 10.8 Å². The van der Waals surface area contributed by atoms with Crippen molar-refractivity contribution in [2.45, 2.75) is 6.42 Å². The van der Waals surface area contributed by atoms with Crippen molar-refractivity contribution in [3.05, 3.63) is 12.2 Å². The highest BCUT2D eigenvalue weighted by Gasteiger charge is 2.06. The van der Waals surface area contributed by atoms with Crippen molar-refractivity contribution in [3.8, 4) is 0 Å². The molecule has 0 heterocycles. The smallest absolute Gasteiger partial charge is 0.278 e. The number of hydrazone groups is 1. The molecule has 0 aliphatic rings. The zero-order chi connectivity index (χ0) is 11.5. The Balaban J connectivity index is 4.49. The summed E-state index contributed by atoms with van der Waals surface area (Å²) in [6, 6.07) is 0. The predicted octanol–water partition coefficient (Wildman–Crippen LogP) is -1.73. The number of nitrogens with one attached hydrogen (secondary N) is 2. The van der Waals surface area contributed by atoms with Crippen molar-refractivity contribution in [1.82, 2.24) is 10.7 Å². The van der Waals surface area contributed by atoms with Gasteiger partial charge in [-0.05, 0) is 19.0 Å². The van der Waals surface area contributed by atoms with Crippen LogP contribution in [0.25, 0.3) is 0 Å². The molecule has 7 nitrogen and oxygen atoms in total. The molecule has 0 rings (SSSR count). The Bertz CT molecular complexity index is 286. The topological polar surface area (TPSA) is 114 Å². The largest absolute Gasteiger partial charge is 0.330 e. The molecule has 0 aromatic heterocycles. The minimum absolute atomic E-state index is 0.0809. The second-order valence-electron chi connectivity index (χ2n) is 2.32. The minimum Gasteiger partial charge on any atom is -0.330 e. The molecule has 15 heavy (non-hydrogen) atoms. The van der Waals surface area contributed by atoms with E-state index in [1.54, 1.807) is 6.08 Å². The number of rotatable bonds is 7. The molecular weight excluding hydrogens is 200 g/mol. The molecule has 0 saturated heterocycles. The molecule has 0 saturated carbocycles. The number of carbonyl (C=O) groups excluding carboxylic acids is 3. The van der Waals surface area contributed by atoms with Crippen molar-refractivity contribution in [3.63, 3.8) is 0 Å². The van der Waals surface area contributed by atoms with Crippen LogP contribution in [0.1, 0.15) is 6.42 Å². The molecule has 0 aromatic rings. The van der Waals surface area contributed by atoms with E-state index in [4.69, 9.17) is 5.73 Å². The van der Waals surface area contributed by atoms with Crippen molar-refractivity contribution < 1.29 is 14.4 Å². The number of amides is 3. The molecule has 3 amide bonds. The van der Waals surface area contributed by atoms with E-state index in [0.29, 0.717) is 19.4 Å². The van der Waals surface area contributed by atoms with E-state index in [2.05, 4.69) is 5.10 Å². The highest BCUT2D eigenvalue weighted by molar-refractivity contribution is 6.44. The Hall–Kier alpha value is -2.02. The van der Waals surface area contributed by atoms with Crippen LogP contribution in [0.15, 0.2) is 17.3 Å². The fourth-order valence-corrected chi connectivity index (χ4v) is 0.678. The van der Waals surface area contributed by atoms with E-state index in [1.807, 2.05) is 10.7 Å². The van der Waals surface area contributed by atoms with E-state index in [1.165, 1.54) is 6.08 Å². The normalized spacial score (nSPS) is 11.1. The number of carbonyl (C=O) groups is 3. The molecule has 0 aliphatic heterocycles. The summed E-state index contributed by atoms with van der Waals surface area (Å²) in [4.78, 5) is 31.1. The van der Waals surface area contributed by atoms with Gasteiger partial charge in [-0.25, -0.2) is 5.43 Å². The summed E-state index contributed by atoms with van der Waals surface area (Å²) in [6.45, 7) is 0.431. The minimum atomic E-state index is -0.701. The van der Waals surface area contributed by atoms with Gasteiger partial charge < -0.3 is 5.73 Å². The van der Waals surface area contributed by atoms with E-state index in [-0.39, 0.29) is 12.1 Å². The SMILES string of the molecule is NCCC=CC(=NNC=O)C(=O)NC=O. The molecule has 0 atom stereocenters. The molecule has 0 aromatic carbocycles. The summed E-state index contributed by atoms with van der Waals surface area (Å²) < 4.78 is 0. The fraction of sp³-hybridized carbons (Fsp3) is 0.250. The Morgan fingerprint density at radius 1 is 1.33 bits per heavy atom. The molecule has 4 N–H and O–H groups in total. The number of hydrogen-bond donors (Lipinski definition) is 3. The highest BCUT2D eigenvalue weighted by Crippen LogP contribution is 1.85. The predicted molar refractivity (Wildman–Crippen MR) is 53.7 cm³/mol. The van der Waals surface area contributed by atoms with Crippen LogP contribution in [0.2, 0.25) is 0 Å². The first-order valence-electron chi connectivity index (χ1n) is 4.14. The Kier molecular flexibility index (Phi) is 7.42. The maximum atomic E-state index is 11.1. The quantitative estimate of drug-likeness (QED) is 0.264. The number of imide groups is 1. The summed E-state index contributed by atoms with van der Waals surface area (Å²) in [6.07, 6.45) is 4.08. The van der Waals surface area contributed by atoms with Crippen LogP contribution in [-0.4, -0.2) is 31.0 Å². The summed E-state index contributed by atoms with van der Waals surface area (Å²) in [5.74, 6) is -0.701. The van der Waals surface area contributed by atoms with E-state index in [9.17, 15) is 14.4 Å². The Morgan fingerprint density at radius 2 is 2.07 bits per heavy atom. The average Bonchev–Trinajstić information content (AvgIpc) is 2.23. The lowest BCUT2D eigenvalue weighted by Gasteiger charge is -1.97. The molecule has 0 aliphatic carbocycles. The van der Waals surface area contributed by atoms with Gasteiger partial charge in [0, 0.05) is 0 Å². The van der Waals surface area contributed by atoms with Crippen LogP contribution in [0.5, 0.6) is 0 Å². The average molecular weight is 212 g/mol. The molecule has 0 unspecified atom stereocenters. The standard InChI is InChI=1S/C8H12N4O3/c9-4-2-1-3-7(12-11-6-14)8(15)10-5-13/h1,3,5-6H,2,4,9H2,(H,11,14)(H,10,13,15). The van der Waals surface area contributed by atoms with Crippen LogP contribution >= 0.6 is 0 Å². The van der Waals surface area contributed by atoms with Crippen molar-refractivity contribution in [2.75, 3.05) is 6.54 Å². The van der Waals surface area contributed by atoms with E-state index in [0.717, 1.165) is 0 Å². The molecule has 7 heteroatoms. The third kappa shape index (κ3) is 6.11. The van der Waals surface area contributed by atoms with Gasteiger partial charge >= 0.3 is 0 Å². The van der Waals surface area contributed by atoms with Gasteiger partial charge in [0.1, 0.15) is 5.71 Å². The molecule has 0 radical (unpaired) electrons. The maximum absolute atomic E-state index is 11.1. The van der Waals surface area contributed by atoms with E-state index >= 15 is 0 Å². The van der Waals surface area contributed by atoms with Gasteiger partial charge in [0.15, 0.2) is 0 Å². The first-order valence-corrected chi connectivity index (χ1v) is 4.14. The van der Waals surface area contributed by atoms with Crippen LogP contribution in [0.4, 0.5) is 0 Å². The second kappa shape index (κ2) is 8.57. The van der Waals surface area contributed by atoms with Gasteiger partial charge in [-0.1, -0.05) is 6.08 Å². The monoisotopic (exact) mass is 212 g/mol. The van der Waals surface area contributed by atoms with Gasteiger partial charge in [0.05, 0.1) is 0 Å². The van der Waals surface area contributed by atoms with Gasteiger partial charge in [0.2, 0.25) is 12.8 Å². The van der Waals surface area contributed by atoms with Crippen LogP contribution in [-0.2, 0) is 14.4 Å².